The van der Waals surface area contributed by atoms with Gasteiger partial charge in [0.1, 0.15) is 0 Å². The van der Waals surface area contributed by atoms with Crippen molar-refractivity contribution in [1.29, 1.82) is 0 Å². The number of allylic oxidation sites excluding steroid dienone is 2. The summed E-state index contributed by atoms with van der Waals surface area (Å²) in [6, 6.07) is 0. The molecule has 0 aliphatic heterocycles. The average Bonchev–Trinajstić information content (AvgIpc) is 1.95. The number of hydrogen-bond donors (Lipinski definition) is 0. The van der Waals surface area contributed by atoms with Gasteiger partial charge < -0.3 is 4.43 Å². The van der Waals surface area contributed by atoms with Crippen LogP contribution in [0.2, 0.25) is 19.6 Å². The molecule has 0 bridgehead atoms. The maximum Gasteiger partial charge on any atom is 0.241 e. The van der Waals surface area contributed by atoms with Crippen LogP contribution in [-0.4, -0.2) is 8.32 Å². The van der Waals surface area contributed by atoms with E-state index in [1.807, 2.05) is 0 Å². The Hall–Kier alpha value is -0.243. The predicted octanol–water partition coefficient (Wildman–Crippen LogP) is 4.18. The minimum atomic E-state index is -1.40. The van der Waals surface area contributed by atoms with Gasteiger partial charge in [0.05, 0.1) is 5.76 Å². The quantitative estimate of drug-likeness (QED) is 0.478. The molecule has 0 saturated heterocycles. The van der Waals surface area contributed by atoms with Crippen LogP contribution < -0.4 is 0 Å². The number of rotatable bonds is 5. The molecule has 78 valence electrons. The van der Waals surface area contributed by atoms with E-state index in [0.29, 0.717) is 5.92 Å². The standard InChI is InChI=1S/C11H24OSi/c1-7-8-9-11(10(2)3)12-13(4,5)6/h9-10H,7-8H2,1-6H3/b11-9+. The van der Waals surface area contributed by atoms with Crippen molar-refractivity contribution in [2.45, 2.75) is 53.3 Å². The van der Waals surface area contributed by atoms with E-state index in [0.717, 1.165) is 6.42 Å². The lowest BCUT2D eigenvalue weighted by Gasteiger charge is -2.24. The smallest absolute Gasteiger partial charge is 0.241 e. The zero-order valence-corrected chi connectivity index (χ0v) is 11.0. The van der Waals surface area contributed by atoms with Crippen LogP contribution in [-0.2, 0) is 4.43 Å². The van der Waals surface area contributed by atoms with Gasteiger partial charge in [0.2, 0.25) is 8.32 Å². The summed E-state index contributed by atoms with van der Waals surface area (Å²) in [5.41, 5.74) is 0. The van der Waals surface area contributed by atoms with Crippen LogP contribution in [0, 0.1) is 5.92 Å². The van der Waals surface area contributed by atoms with Gasteiger partial charge in [-0.2, -0.15) is 0 Å². The predicted molar refractivity (Wildman–Crippen MR) is 62.3 cm³/mol. The lowest BCUT2D eigenvalue weighted by molar-refractivity contribution is 0.361. The molecule has 0 radical (unpaired) electrons. The molecule has 0 aromatic rings. The molecule has 0 spiro atoms. The minimum Gasteiger partial charge on any atom is -0.547 e. The van der Waals surface area contributed by atoms with Crippen molar-refractivity contribution in [3.63, 3.8) is 0 Å². The molecule has 0 heterocycles. The third-order valence-electron chi connectivity index (χ3n) is 1.63. The third kappa shape index (κ3) is 6.88. The fourth-order valence-corrected chi connectivity index (χ4v) is 2.06. The number of unbranched alkanes of at least 4 members (excludes halogenated alkanes) is 1. The Balaban J connectivity index is 4.27. The van der Waals surface area contributed by atoms with Gasteiger partial charge in [-0.3, -0.25) is 0 Å². The molecule has 0 aliphatic carbocycles. The summed E-state index contributed by atoms with van der Waals surface area (Å²) < 4.78 is 6.00. The first-order chi connectivity index (χ1) is 5.87. The summed E-state index contributed by atoms with van der Waals surface area (Å²) >= 11 is 0. The first-order valence-corrected chi connectivity index (χ1v) is 8.66. The molecule has 1 nitrogen and oxygen atoms in total. The summed E-state index contributed by atoms with van der Waals surface area (Å²) in [6.45, 7) is 13.3. The molecule has 0 aromatic heterocycles. The van der Waals surface area contributed by atoms with Crippen LogP contribution in [0.3, 0.4) is 0 Å². The highest BCUT2D eigenvalue weighted by atomic mass is 28.4. The van der Waals surface area contributed by atoms with E-state index in [9.17, 15) is 0 Å². The van der Waals surface area contributed by atoms with Crippen LogP contribution in [0.1, 0.15) is 33.6 Å². The first kappa shape index (κ1) is 12.8. The summed E-state index contributed by atoms with van der Waals surface area (Å²) in [4.78, 5) is 0. The molecule has 0 aromatic carbocycles. The van der Waals surface area contributed by atoms with E-state index in [4.69, 9.17) is 4.43 Å². The van der Waals surface area contributed by atoms with E-state index in [-0.39, 0.29) is 0 Å². The van der Waals surface area contributed by atoms with Gasteiger partial charge in [-0.1, -0.05) is 27.2 Å². The number of hydrogen-bond acceptors (Lipinski definition) is 1. The third-order valence-corrected chi connectivity index (χ3v) is 2.48. The largest absolute Gasteiger partial charge is 0.547 e. The van der Waals surface area contributed by atoms with Crippen LogP contribution >= 0.6 is 0 Å². The maximum absolute atomic E-state index is 6.00. The minimum absolute atomic E-state index is 0.526. The Morgan fingerprint density at radius 3 is 2.15 bits per heavy atom. The van der Waals surface area contributed by atoms with E-state index < -0.39 is 8.32 Å². The zero-order chi connectivity index (χ0) is 10.5. The highest BCUT2D eigenvalue weighted by molar-refractivity contribution is 6.70. The fourth-order valence-electron chi connectivity index (χ4n) is 1.04. The first-order valence-electron chi connectivity index (χ1n) is 5.26. The molecule has 2 heteroatoms. The van der Waals surface area contributed by atoms with E-state index in [2.05, 4.69) is 46.5 Å². The molecule has 0 unspecified atom stereocenters. The Morgan fingerprint density at radius 2 is 1.85 bits per heavy atom. The molecule has 0 N–H and O–H groups in total. The summed E-state index contributed by atoms with van der Waals surface area (Å²) in [5.74, 6) is 1.72. The van der Waals surface area contributed by atoms with Crippen molar-refractivity contribution in [2.24, 2.45) is 5.92 Å². The molecule has 0 aliphatic rings. The maximum atomic E-state index is 6.00. The van der Waals surface area contributed by atoms with Gasteiger partial charge in [0.25, 0.3) is 0 Å². The lowest BCUT2D eigenvalue weighted by Crippen LogP contribution is -2.26. The van der Waals surface area contributed by atoms with Crippen molar-refractivity contribution in [1.82, 2.24) is 0 Å². The summed E-state index contributed by atoms with van der Waals surface area (Å²) in [6.07, 6.45) is 4.59. The van der Waals surface area contributed by atoms with Gasteiger partial charge >= 0.3 is 0 Å². The topological polar surface area (TPSA) is 9.23 Å². The van der Waals surface area contributed by atoms with Crippen LogP contribution in [0.4, 0.5) is 0 Å². The average molecular weight is 200 g/mol. The van der Waals surface area contributed by atoms with Gasteiger partial charge in [0, 0.05) is 5.92 Å². The fraction of sp³-hybridized carbons (Fsp3) is 0.818. The van der Waals surface area contributed by atoms with Gasteiger partial charge in [-0.05, 0) is 32.1 Å². The van der Waals surface area contributed by atoms with E-state index in [1.165, 1.54) is 12.2 Å². The molecular formula is C11H24OSi. The Morgan fingerprint density at radius 1 is 1.31 bits per heavy atom. The van der Waals surface area contributed by atoms with Crippen molar-refractivity contribution in [3.05, 3.63) is 11.8 Å². The second-order valence-corrected chi connectivity index (χ2v) is 9.19. The van der Waals surface area contributed by atoms with Crippen molar-refractivity contribution >= 4 is 8.32 Å². The highest BCUT2D eigenvalue weighted by Gasteiger charge is 2.18. The lowest BCUT2D eigenvalue weighted by atomic mass is 10.1. The zero-order valence-electron chi connectivity index (χ0n) is 9.98. The second kappa shape index (κ2) is 5.48. The van der Waals surface area contributed by atoms with Crippen LogP contribution in [0.15, 0.2) is 11.8 Å². The van der Waals surface area contributed by atoms with Crippen molar-refractivity contribution in [3.8, 4) is 0 Å². The Bertz CT molecular complexity index is 165. The second-order valence-electron chi connectivity index (χ2n) is 4.76. The molecule has 0 amide bonds. The molecule has 13 heavy (non-hydrogen) atoms. The van der Waals surface area contributed by atoms with Crippen LogP contribution in [0.25, 0.3) is 0 Å². The molecule has 0 atom stereocenters. The Labute approximate surface area is 84.3 Å². The van der Waals surface area contributed by atoms with Crippen molar-refractivity contribution in [2.75, 3.05) is 0 Å². The molecule has 0 fully saturated rings. The summed E-state index contributed by atoms with van der Waals surface area (Å²) in [5, 5.41) is 0. The monoisotopic (exact) mass is 200 g/mol. The van der Waals surface area contributed by atoms with Crippen molar-refractivity contribution < 1.29 is 4.43 Å². The molecular weight excluding hydrogens is 176 g/mol. The Kier molecular flexibility index (Phi) is 5.38. The van der Waals surface area contributed by atoms with E-state index >= 15 is 0 Å². The van der Waals surface area contributed by atoms with Gasteiger partial charge in [0.15, 0.2) is 0 Å². The summed E-state index contributed by atoms with van der Waals surface area (Å²) in [7, 11) is -1.40. The van der Waals surface area contributed by atoms with E-state index in [1.54, 1.807) is 0 Å². The normalized spacial score (nSPS) is 13.6. The van der Waals surface area contributed by atoms with Gasteiger partial charge in [-0.15, -0.1) is 0 Å². The highest BCUT2D eigenvalue weighted by Crippen LogP contribution is 2.18. The SMILES string of the molecule is CCC/C=C(/O[Si](C)(C)C)C(C)C. The molecule has 0 saturated carbocycles. The van der Waals surface area contributed by atoms with Crippen LogP contribution in [0.5, 0.6) is 0 Å². The van der Waals surface area contributed by atoms with Gasteiger partial charge in [-0.25, -0.2) is 0 Å². The molecule has 0 rings (SSSR count).